The number of urea groups is 1. The third kappa shape index (κ3) is 7.81. The van der Waals surface area contributed by atoms with Gasteiger partial charge in [0.1, 0.15) is 6.04 Å². The molecule has 200 valence electrons. The Hall–Kier alpha value is -3.35. The summed E-state index contributed by atoms with van der Waals surface area (Å²) in [4.78, 5) is 43.0. The fourth-order valence-corrected chi connectivity index (χ4v) is 4.57. The van der Waals surface area contributed by atoms with E-state index in [4.69, 9.17) is 0 Å². The van der Waals surface area contributed by atoms with Crippen molar-refractivity contribution in [2.24, 2.45) is 0 Å². The van der Waals surface area contributed by atoms with Crippen molar-refractivity contribution in [3.05, 3.63) is 71.3 Å². The Morgan fingerprint density at radius 2 is 1.68 bits per heavy atom. The Kier molecular flexibility index (Phi) is 9.73. The molecule has 1 heterocycles. The Labute approximate surface area is 221 Å². The van der Waals surface area contributed by atoms with Crippen LogP contribution in [0.4, 0.5) is 4.79 Å². The molecule has 0 spiro atoms. The maximum absolute atomic E-state index is 13.7. The van der Waals surface area contributed by atoms with Crippen LogP contribution in [-0.2, 0) is 16.6 Å². The highest BCUT2D eigenvalue weighted by Gasteiger charge is 2.33. The maximum Gasteiger partial charge on any atom is 0.317 e. The van der Waals surface area contributed by atoms with Crippen molar-refractivity contribution in [3.8, 4) is 0 Å². The number of nitrogens with zero attached hydrogens (tertiary/aromatic N) is 2. The third-order valence-electron chi connectivity index (χ3n) is 6.91. The van der Waals surface area contributed by atoms with Gasteiger partial charge in [-0.3, -0.25) is 9.59 Å². The van der Waals surface area contributed by atoms with E-state index in [1.165, 1.54) is 0 Å². The molecular formula is C30H42N4O3. The van der Waals surface area contributed by atoms with Gasteiger partial charge in [0.2, 0.25) is 5.91 Å². The lowest BCUT2D eigenvalue weighted by atomic mass is 9.86. The van der Waals surface area contributed by atoms with E-state index in [2.05, 4.69) is 38.3 Å². The van der Waals surface area contributed by atoms with Crippen molar-refractivity contribution in [2.45, 2.75) is 71.4 Å². The Morgan fingerprint density at radius 1 is 1.00 bits per heavy atom. The molecule has 0 aliphatic carbocycles. The van der Waals surface area contributed by atoms with E-state index in [-0.39, 0.29) is 29.3 Å². The van der Waals surface area contributed by atoms with Gasteiger partial charge in [-0.1, -0.05) is 76.6 Å². The smallest absolute Gasteiger partial charge is 0.317 e. The van der Waals surface area contributed by atoms with E-state index in [9.17, 15) is 14.4 Å². The summed E-state index contributed by atoms with van der Waals surface area (Å²) in [5.74, 6) is -0.391. The van der Waals surface area contributed by atoms with Crippen LogP contribution < -0.4 is 10.6 Å². The minimum absolute atomic E-state index is 0.00738. The SMILES string of the molecule is CCCCNC(=O)N1CCN(C(=O)C(Cc2ccccc2)NC(=O)c2ccc(C(C)(C)C)cc2)CC1C. The summed E-state index contributed by atoms with van der Waals surface area (Å²) in [7, 11) is 0. The van der Waals surface area contributed by atoms with Crippen LogP contribution in [0, 0.1) is 0 Å². The van der Waals surface area contributed by atoms with Gasteiger partial charge < -0.3 is 20.4 Å². The van der Waals surface area contributed by atoms with Crippen molar-refractivity contribution in [1.29, 1.82) is 0 Å². The molecule has 3 rings (SSSR count). The summed E-state index contributed by atoms with van der Waals surface area (Å²) in [5, 5.41) is 5.96. The average Bonchev–Trinajstić information content (AvgIpc) is 2.88. The molecule has 1 fully saturated rings. The Morgan fingerprint density at radius 3 is 2.27 bits per heavy atom. The van der Waals surface area contributed by atoms with Crippen LogP contribution in [0.2, 0.25) is 0 Å². The van der Waals surface area contributed by atoms with E-state index in [1.807, 2.05) is 61.5 Å². The monoisotopic (exact) mass is 506 g/mol. The van der Waals surface area contributed by atoms with Gasteiger partial charge in [-0.2, -0.15) is 0 Å². The van der Waals surface area contributed by atoms with E-state index in [1.54, 1.807) is 9.80 Å². The normalized spacial score (nSPS) is 16.7. The molecule has 0 bridgehead atoms. The molecule has 7 nitrogen and oxygen atoms in total. The van der Waals surface area contributed by atoms with Crippen molar-refractivity contribution in [3.63, 3.8) is 0 Å². The fourth-order valence-electron chi connectivity index (χ4n) is 4.57. The molecule has 7 heteroatoms. The second-order valence-electron chi connectivity index (χ2n) is 11.0. The number of unbranched alkanes of at least 4 members (excludes halogenated alkanes) is 1. The number of hydrogen-bond acceptors (Lipinski definition) is 3. The van der Waals surface area contributed by atoms with Gasteiger partial charge >= 0.3 is 6.03 Å². The van der Waals surface area contributed by atoms with Crippen LogP contribution in [0.3, 0.4) is 0 Å². The van der Waals surface area contributed by atoms with E-state index in [0.29, 0.717) is 38.2 Å². The predicted octanol–water partition coefficient (Wildman–Crippen LogP) is 4.37. The number of nitrogens with one attached hydrogen (secondary N) is 2. The minimum atomic E-state index is -0.700. The first kappa shape index (κ1) is 28.2. The number of amides is 4. The molecule has 1 aliphatic heterocycles. The Balaban J connectivity index is 1.71. The number of benzene rings is 2. The summed E-state index contributed by atoms with van der Waals surface area (Å²) in [6.45, 7) is 12.4. The van der Waals surface area contributed by atoms with Crippen molar-refractivity contribution < 1.29 is 14.4 Å². The van der Waals surface area contributed by atoms with Crippen molar-refractivity contribution in [1.82, 2.24) is 20.4 Å². The first-order valence-electron chi connectivity index (χ1n) is 13.4. The number of rotatable bonds is 8. The van der Waals surface area contributed by atoms with Gasteiger partial charge in [-0.15, -0.1) is 0 Å². The lowest BCUT2D eigenvalue weighted by molar-refractivity contribution is -0.135. The van der Waals surface area contributed by atoms with Gasteiger partial charge in [0.25, 0.3) is 5.91 Å². The van der Waals surface area contributed by atoms with Crippen LogP contribution in [-0.4, -0.2) is 65.9 Å². The molecule has 1 saturated heterocycles. The van der Waals surface area contributed by atoms with Gasteiger partial charge in [-0.05, 0) is 42.0 Å². The topological polar surface area (TPSA) is 81.8 Å². The van der Waals surface area contributed by atoms with E-state index >= 15 is 0 Å². The summed E-state index contributed by atoms with van der Waals surface area (Å²) in [6, 6.07) is 16.4. The largest absolute Gasteiger partial charge is 0.340 e. The number of piperazine rings is 1. The molecular weight excluding hydrogens is 464 g/mol. The predicted molar refractivity (Wildman–Crippen MR) is 148 cm³/mol. The molecule has 0 aromatic heterocycles. The van der Waals surface area contributed by atoms with Gasteiger partial charge in [0.05, 0.1) is 0 Å². The van der Waals surface area contributed by atoms with Crippen LogP contribution in [0.1, 0.15) is 68.9 Å². The molecule has 2 N–H and O–H groups in total. The quantitative estimate of drug-likeness (QED) is 0.522. The van der Waals surface area contributed by atoms with Gasteiger partial charge in [0, 0.05) is 44.2 Å². The zero-order chi connectivity index (χ0) is 27.0. The summed E-state index contributed by atoms with van der Waals surface area (Å²) >= 11 is 0. The second kappa shape index (κ2) is 12.7. The molecule has 2 aromatic carbocycles. The second-order valence-corrected chi connectivity index (χ2v) is 11.0. The van der Waals surface area contributed by atoms with E-state index in [0.717, 1.165) is 24.0 Å². The molecule has 0 saturated carbocycles. The third-order valence-corrected chi connectivity index (χ3v) is 6.91. The van der Waals surface area contributed by atoms with Crippen LogP contribution in [0.15, 0.2) is 54.6 Å². The molecule has 37 heavy (non-hydrogen) atoms. The average molecular weight is 507 g/mol. The number of carbonyl (C=O) groups is 3. The Bertz CT molecular complexity index is 1050. The lowest BCUT2D eigenvalue weighted by Crippen LogP contribution is -2.60. The zero-order valence-corrected chi connectivity index (χ0v) is 22.9. The standard InChI is InChI=1S/C30H42N4O3/c1-6-7-17-31-29(37)34-19-18-33(21-22(34)2)28(36)26(20-23-11-9-8-10-12-23)32-27(35)24-13-15-25(16-14-24)30(3,4)5/h8-16,22,26H,6-7,17-21H2,1-5H3,(H,31,37)(H,32,35). The molecule has 2 atom stereocenters. The van der Waals surface area contributed by atoms with Gasteiger partial charge in [-0.25, -0.2) is 4.79 Å². The maximum atomic E-state index is 13.7. The van der Waals surface area contributed by atoms with Crippen LogP contribution >= 0.6 is 0 Å². The summed E-state index contributed by atoms with van der Waals surface area (Å²) in [6.07, 6.45) is 2.36. The van der Waals surface area contributed by atoms with Crippen LogP contribution in [0.5, 0.6) is 0 Å². The molecule has 2 aromatic rings. The molecule has 4 amide bonds. The highest BCUT2D eigenvalue weighted by molar-refractivity contribution is 5.97. The number of hydrogen-bond donors (Lipinski definition) is 2. The van der Waals surface area contributed by atoms with Crippen molar-refractivity contribution >= 4 is 17.8 Å². The van der Waals surface area contributed by atoms with E-state index < -0.39 is 6.04 Å². The zero-order valence-electron chi connectivity index (χ0n) is 22.9. The molecule has 1 aliphatic rings. The molecule has 2 unspecified atom stereocenters. The van der Waals surface area contributed by atoms with Gasteiger partial charge in [0.15, 0.2) is 0 Å². The summed E-state index contributed by atoms with van der Waals surface area (Å²) in [5.41, 5.74) is 2.64. The van der Waals surface area contributed by atoms with Crippen molar-refractivity contribution in [2.75, 3.05) is 26.2 Å². The number of carbonyl (C=O) groups excluding carboxylic acids is 3. The highest BCUT2D eigenvalue weighted by atomic mass is 16.2. The molecule has 0 radical (unpaired) electrons. The lowest BCUT2D eigenvalue weighted by Gasteiger charge is -2.41. The first-order chi connectivity index (χ1) is 17.6. The van der Waals surface area contributed by atoms with Crippen LogP contribution in [0.25, 0.3) is 0 Å². The fraction of sp³-hybridized carbons (Fsp3) is 0.500. The highest BCUT2D eigenvalue weighted by Crippen LogP contribution is 2.22. The minimum Gasteiger partial charge on any atom is -0.340 e. The first-order valence-corrected chi connectivity index (χ1v) is 13.4. The summed E-state index contributed by atoms with van der Waals surface area (Å²) < 4.78 is 0.